The first-order valence-corrected chi connectivity index (χ1v) is 15.4. The van der Waals surface area contributed by atoms with Gasteiger partial charge in [0.2, 0.25) is 0 Å². The van der Waals surface area contributed by atoms with Crippen LogP contribution in [0.4, 0.5) is 0 Å². The first-order valence-electron chi connectivity index (χ1n) is 15.4. The Morgan fingerprint density at radius 3 is 1.75 bits per heavy atom. The van der Waals surface area contributed by atoms with Crippen molar-refractivity contribution >= 4 is 5.97 Å². The van der Waals surface area contributed by atoms with Gasteiger partial charge in [-0.15, -0.1) is 0 Å². The summed E-state index contributed by atoms with van der Waals surface area (Å²) in [6.45, 7) is 9.33. The minimum atomic E-state index is -0.113. The van der Waals surface area contributed by atoms with Gasteiger partial charge in [-0.1, -0.05) is 143 Å². The molecule has 3 heteroatoms. The SMILES string of the molecule is CCCCCCCCCCCCCCCCCCOC(=O)CCc1ccc(O)c(C(C)(C)CCC)c1. The highest BCUT2D eigenvalue weighted by molar-refractivity contribution is 5.69. The van der Waals surface area contributed by atoms with Crippen molar-refractivity contribution in [3.05, 3.63) is 29.3 Å². The highest BCUT2D eigenvalue weighted by atomic mass is 16.5. The van der Waals surface area contributed by atoms with E-state index in [9.17, 15) is 9.90 Å². The number of carbonyl (C=O) groups is 1. The van der Waals surface area contributed by atoms with Crippen molar-refractivity contribution in [1.82, 2.24) is 0 Å². The van der Waals surface area contributed by atoms with Gasteiger partial charge in [-0.25, -0.2) is 0 Å². The number of hydrogen-bond acceptors (Lipinski definition) is 3. The third kappa shape index (κ3) is 15.6. The van der Waals surface area contributed by atoms with Gasteiger partial charge in [0.1, 0.15) is 5.75 Å². The third-order valence-electron chi connectivity index (χ3n) is 7.54. The Morgan fingerprint density at radius 1 is 0.750 bits per heavy atom. The first-order chi connectivity index (χ1) is 17.4. The van der Waals surface area contributed by atoms with E-state index in [0.717, 1.165) is 36.8 Å². The molecule has 0 saturated carbocycles. The lowest BCUT2D eigenvalue weighted by atomic mass is 9.79. The van der Waals surface area contributed by atoms with E-state index in [0.29, 0.717) is 25.2 Å². The zero-order valence-corrected chi connectivity index (χ0v) is 24.3. The van der Waals surface area contributed by atoms with Gasteiger partial charge >= 0.3 is 5.97 Å². The molecule has 0 radical (unpaired) electrons. The number of esters is 1. The molecule has 0 heterocycles. The molecule has 0 aliphatic carbocycles. The summed E-state index contributed by atoms with van der Waals surface area (Å²) in [6.07, 6.45) is 24.7. The van der Waals surface area contributed by atoms with E-state index < -0.39 is 0 Å². The van der Waals surface area contributed by atoms with E-state index >= 15 is 0 Å². The van der Waals surface area contributed by atoms with Crippen LogP contribution >= 0.6 is 0 Å². The van der Waals surface area contributed by atoms with E-state index in [1.807, 2.05) is 6.07 Å². The average Bonchev–Trinajstić information content (AvgIpc) is 2.85. The van der Waals surface area contributed by atoms with Gasteiger partial charge in [0.15, 0.2) is 0 Å². The van der Waals surface area contributed by atoms with Crippen LogP contribution < -0.4 is 0 Å². The summed E-state index contributed by atoms with van der Waals surface area (Å²) >= 11 is 0. The quantitative estimate of drug-likeness (QED) is 0.120. The maximum Gasteiger partial charge on any atom is 0.306 e. The van der Waals surface area contributed by atoms with Crippen molar-refractivity contribution in [2.45, 2.75) is 162 Å². The van der Waals surface area contributed by atoms with Crippen LogP contribution in [0.3, 0.4) is 0 Å². The second kappa shape index (κ2) is 20.5. The summed E-state index contributed by atoms with van der Waals surface area (Å²) in [4.78, 5) is 12.2. The number of unbranched alkanes of at least 4 members (excludes halogenated alkanes) is 15. The van der Waals surface area contributed by atoms with Crippen molar-refractivity contribution in [3.63, 3.8) is 0 Å². The summed E-state index contributed by atoms with van der Waals surface area (Å²) in [5.74, 6) is 0.238. The van der Waals surface area contributed by atoms with Gasteiger partial charge in [0.25, 0.3) is 0 Å². The molecular weight excluding hydrogens is 444 g/mol. The van der Waals surface area contributed by atoms with Crippen LogP contribution in [0.25, 0.3) is 0 Å². The lowest BCUT2D eigenvalue weighted by Crippen LogP contribution is -2.17. The molecule has 3 nitrogen and oxygen atoms in total. The van der Waals surface area contributed by atoms with E-state index in [4.69, 9.17) is 4.74 Å². The van der Waals surface area contributed by atoms with Crippen molar-refractivity contribution in [1.29, 1.82) is 0 Å². The number of ether oxygens (including phenoxy) is 1. The Bertz CT molecular complexity index is 680. The summed E-state index contributed by atoms with van der Waals surface area (Å²) in [5, 5.41) is 10.3. The van der Waals surface area contributed by atoms with Gasteiger partial charge < -0.3 is 9.84 Å². The van der Waals surface area contributed by atoms with Crippen molar-refractivity contribution in [2.75, 3.05) is 6.61 Å². The molecule has 1 N–H and O–H groups in total. The van der Waals surface area contributed by atoms with E-state index in [1.54, 1.807) is 6.07 Å². The number of aryl methyl sites for hydroxylation is 1. The van der Waals surface area contributed by atoms with Crippen LogP contribution in [0.15, 0.2) is 18.2 Å². The topological polar surface area (TPSA) is 46.5 Å². The van der Waals surface area contributed by atoms with Gasteiger partial charge in [0, 0.05) is 6.42 Å². The predicted molar refractivity (Wildman–Crippen MR) is 155 cm³/mol. The van der Waals surface area contributed by atoms with Crippen LogP contribution in [-0.2, 0) is 21.4 Å². The van der Waals surface area contributed by atoms with Crippen LogP contribution in [0.2, 0.25) is 0 Å². The molecule has 1 rings (SSSR count). The normalized spacial score (nSPS) is 11.7. The van der Waals surface area contributed by atoms with Gasteiger partial charge in [-0.2, -0.15) is 0 Å². The standard InChI is InChI=1S/C33H58O3/c1-5-7-8-9-10-11-12-13-14-15-16-17-18-19-20-21-27-36-32(35)25-23-29-22-24-31(34)30(28-29)33(3,4)26-6-2/h22,24,28,34H,5-21,23,25-27H2,1-4H3. The van der Waals surface area contributed by atoms with Crippen LogP contribution in [-0.4, -0.2) is 17.7 Å². The Balaban J connectivity index is 1.99. The molecule has 0 saturated heterocycles. The molecule has 0 atom stereocenters. The zero-order valence-electron chi connectivity index (χ0n) is 24.3. The molecule has 1 aromatic rings. The maximum atomic E-state index is 12.2. The van der Waals surface area contributed by atoms with Crippen molar-refractivity contribution in [3.8, 4) is 5.75 Å². The lowest BCUT2D eigenvalue weighted by Gasteiger charge is -2.26. The van der Waals surface area contributed by atoms with Gasteiger partial charge in [-0.05, 0) is 41.9 Å². The number of phenolic OH excluding ortho intramolecular Hbond substituents is 1. The number of hydrogen-bond donors (Lipinski definition) is 1. The molecule has 0 aromatic heterocycles. The number of rotatable bonds is 23. The molecule has 0 fully saturated rings. The monoisotopic (exact) mass is 502 g/mol. The molecular formula is C33H58O3. The largest absolute Gasteiger partial charge is 0.508 e. The predicted octanol–water partition coefficient (Wildman–Crippen LogP) is 10.2. The Morgan fingerprint density at radius 2 is 1.25 bits per heavy atom. The average molecular weight is 503 g/mol. The van der Waals surface area contributed by atoms with Crippen LogP contribution in [0, 0.1) is 0 Å². The summed E-state index contributed by atoms with van der Waals surface area (Å²) in [6, 6.07) is 5.75. The minimum Gasteiger partial charge on any atom is -0.508 e. The Hall–Kier alpha value is -1.51. The van der Waals surface area contributed by atoms with E-state index in [1.165, 1.54) is 89.9 Å². The third-order valence-corrected chi connectivity index (χ3v) is 7.54. The fourth-order valence-corrected chi connectivity index (χ4v) is 5.20. The molecule has 0 amide bonds. The summed E-state index contributed by atoms with van der Waals surface area (Å²) in [7, 11) is 0. The number of carbonyl (C=O) groups excluding carboxylic acids is 1. The number of aromatic hydroxyl groups is 1. The lowest BCUT2D eigenvalue weighted by molar-refractivity contribution is -0.143. The van der Waals surface area contributed by atoms with E-state index in [2.05, 4.69) is 33.8 Å². The highest BCUT2D eigenvalue weighted by Gasteiger charge is 2.23. The van der Waals surface area contributed by atoms with E-state index in [-0.39, 0.29) is 11.4 Å². The number of phenols is 1. The molecule has 0 aliphatic heterocycles. The van der Waals surface area contributed by atoms with Gasteiger partial charge in [-0.3, -0.25) is 4.79 Å². The summed E-state index contributed by atoms with van der Waals surface area (Å²) < 4.78 is 5.45. The second-order valence-electron chi connectivity index (χ2n) is 11.5. The fraction of sp³-hybridized carbons (Fsp3) is 0.788. The molecule has 36 heavy (non-hydrogen) atoms. The summed E-state index contributed by atoms with van der Waals surface area (Å²) in [5.41, 5.74) is 2.00. The second-order valence-corrected chi connectivity index (χ2v) is 11.5. The molecule has 0 spiro atoms. The number of benzene rings is 1. The Labute approximate surface area is 223 Å². The molecule has 208 valence electrons. The van der Waals surface area contributed by atoms with Crippen LogP contribution in [0.1, 0.15) is 161 Å². The fourth-order valence-electron chi connectivity index (χ4n) is 5.20. The van der Waals surface area contributed by atoms with Crippen LogP contribution in [0.5, 0.6) is 5.75 Å². The molecule has 1 aromatic carbocycles. The molecule has 0 bridgehead atoms. The maximum absolute atomic E-state index is 12.2. The minimum absolute atomic E-state index is 0.0669. The first kappa shape index (κ1) is 32.5. The smallest absolute Gasteiger partial charge is 0.306 e. The van der Waals surface area contributed by atoms with Crippen molar-refractivity contribution < 1.29 is 14.6 Å². The Kier molecular flexibility index (Phi) is 18.6. The molecule has 0 aliphatic rings. The highest BCUT2D eigenvalue weighted by Crippen LogP contribution is 2.35. The van der Waals surface area contributed by atoms with Gasteiger partial charge in [0.05, 0.1) is 6.61 Å². The zero-order chi connectivity index (χ0) is 26.5. The molecule has 0 unspecified atom stereocenters. The van der Waals surface area contributed by atoms with Crippen molar-refractivity contribution in [2.24, 2.45) is 0 Å².